The number of nitrogens with two attached hydrogens (primary N) is 1. The maximum atomic E-state index is 10.9. The van der Waals surface area contributed by atoms with E-state index in [1.54, 1.807) is 0 Å². The van der Waals surface area contributed by atoms with Crippen LogP contribution in [0.15, 0.2) is 12.1 Å². The van der Waals surface area contributed by atoms with E-state index in [1.165, 1.54) is 12.1 Å². The number of nitro groups is 1. The first-order chi connectivity index (χ1) is 8.70. The van der Waals surface area contributed by atoms with Gasteiger partial charge in [-0.05, 0) is 18.9 Å². The minimum atomic E-state index is -0.481. The van der Waals surface area contributed by atoms with Gasteiger partial charge >= 0.3 is 5.69 Å². The minimum absolute atomic E-state index is 0.0769. The Labute approximate surface area is 104 Å². The summed E-state index contributed by atoms with van der Waals surface area (Å²) in [7, 11) is 0. The molecule has 4 N–H and O–H groups in total. The van der Waals surface area contributed by atoms with Crippen molar-refractivity contribution >= 4 is 17.3 Å². The SMILES string of the molecule is NNc1ccc([N+](=O)[O-])c(NCC2CCCO2)n1. The van der Waals surface area contributed by atoms with Gasteiger partial charge in [-0.15, -0.1) is 0 Å². The molecule has 1 aliphatic rings. The zero-order valence-corrected chi connectivity index (χ0v) is 9.76. The summed E-state index contributed by atoms with van der Waals surface area (Å²) in [6.45, 7) is 1.24. The molecule has 0 bridgehead atoms. The van der Waals surface area contributed by atoms with Gasteiger partial charge in [-0.2, -0.15) is 0 Å². The molecule has 1 atom stereocenters. The Morgan fingerprint density at radius 1 is 1.61 bits per heavy atom. The van der Waals surface area contributed by atoms with Gasteiger partial charge in [0, 0.05) is 19.2 Å². The predicted molar refractivity (Wildman–Crippen MR) is 66.2 cm³/mol. The lowest BCUT2D eigenvalue weighted by Gasteiger charge is -2.12. The van der Waals surface area contributed by atoms with Crippen LogP contribution in [0.5, 0.6) is 0 Å². The maximum absolute atomic E-state index is 10.9. The second-order valence-electron chi connectivity index (χ2n) is 3.98. The summed E-state index contributed by atoms with van der Waals surface area (Å²) < 4.78 is 5.43. The summed E-state index contributed by atoms with van der Waals surface area (Å²) in [6.07, 6.45) is 2.06. The van der Waals surface area contributed by atoms with Crippen molar-refractivity contribution in [1.29, 1.82) is 0 Å². The van der Waals surface area contributed by atoms with Gasteiger partial charge in [0.25, 0.3) is 0 Å². The Bertz CT molecular complexity index is 434. The van der Waals surface area contributed by atoms with E-state index in [2.05, 4.69) is 15.7 Å². The average molecular weight is 253 g/mol. The van der Waals surface area contributed by atoms with E-state index in [9.17, 15) is 10.1 Å². The van der Waals surface area contributed by atoms with Gasteiger partial charge in [0.05, 0.1) is 11.0 Å². The number of rotatable bonds is 5. The zero-order valence-electron chi connectivity index (χ0n) is 9.76. The molecule has 2 rings (SSSR count). The molecule has 0 radical (unpaired) electrons. The van der Waals surface area contributed by atoms with Crippen molar-refractivity contribution in [3.63, 3.8) is 0 Å². The molecule has 1 aliphatic heterocycles. The van der Waals surface area contributed by atoms with Crippen molar-refractivity contribution in [3.05, 3.63) is 22.2 Å². The highest BCUT2D eigenvalue weighted by Crippen LogP contribution is 2.24. The summed E-state index contributed by atoms with van der Waals surface area (Å²) in [6, 6.07) is 2.81. The number of ether oxygens (including phenoxy) is 1. The fourth-order valence-electron chi connectivity index (χ4n) is 1.83. The molecule has 0 aromatic carbocycles. The van der Waals surface area contributed by atoms with Crippen molar-refractivity contribution < 1.29 is 9.66 Å². The van der Waals surface area contributed by atoms with E-state index in [0.29, 0.717) is 12.4 Å². The minimum Gasteiger partial charge on any atom is -0.376 e. The largest absolute Gasteiger partial charge is 0.376 e. The Balaban J connectivity index is 2.10. The summed E-state index contributed by atoms with van der Waals surface area (Å²) in [5.41, 5.74) is 2.28. The second kappa shape index (κ2) is 5.61. The lowest BCUT2D eigenvalue weighted by Crippen LogP contribution is -2.20. The third-order valence-corrected chi connectivity index (χ3v) is 2.74. The molecule has 1 saturated heterocycles. The summed E-state index contributed by atoms with van der Waals surface area (Å²) in [4.78, 5) is 14.4. The molecular formula is C10H15N5O3. The second-order valence-corrected chi connectivity index (χ2v) is 3.98. The molecule has 1 unspecified atom stereocenters. The quantitative estimate of drug-likeness (QED) is 0.405. The number of nitrogens with one attached hydrogen (secondary N) is 2. The van der Waals surface area contributed by atoms with Gasteiger partial charge in [-0.25, -0.2) is 10.8 Å². The van der Waals surface area contributed by atoms with Gasteiger partial charge < -0.3 is 15.5 Å². The van der Waals surface area contributed by atoms with Crippen LogP contribution >= 0.6 is 0 Å². The topological polar surface area (TPSA) is 115 Å². The van der Waals surface area contributed by atoms with Crippen LogP contribution in [-0.4, -0.2) is 29.2 Å². The van der Waals surface area contributed by atoms with Crippen LogP contribution in [0.1, 0.15) is 12.8 Å². The van der Waals surface area contributed by atoms with Crippen LogP contribution in [0.25, 0.3) is 0 Å². The summed E-state index contributed by atoms with van der Waals surface area (Å²) >= 11 is 0. The number of hydrogen-bond acceptors (Lipinski definition) is 7. The normalized spacial score (nSPS) is 18.6. The van der Waals surface area contributed by atoms with Gasteiger partial charge in [0.1, 0.15) is 5.82 Å². The van der Waals surface area contributed by atoms with Crippen molar-refractivity contribution in [3.8, 4) is 0 Å². The first-order valence-corrected chi connectivity index (χ1v) is 5.68. The maximum Gasteiger partial charge on any atom is 0.311 e. The highest BCUT2D eigenvalue weighted by molar-refractivity contribution is 5.60. The molecule has 1 fully saturated rings. The standard InChI is InChI=1S/C10H15N5O3/c11-14-9-4-3-8(15(16)17)10(13-9)12-6-7-2-1-5-18-7/h3-4,7H,1-2,5-6,11H2,(H2,12,13,14). The van der Waals surface area contributed by atoms with E-state index in [0.717, 1.165) is 19.4 Å². The predicted octanol–water partition coefficient (Wildman–Crippen LogP) is 0.866. The van der Waals surface area contributed by atoms with E-state index >= 15 is 0 Å². The van der Waals surface area contributed by atoms with Crippen LogP contribution in [0.2, 0.25) is 0 Å². The lowest BCUT2D eigenvalue weighted by atomic mass is 10.2. The van der Waals surface area contributed by atoms with E-state index in [4.69, 9.17) is 10.6 Å². The summed E-state index contributed by atoms with van der Waals surface area (Å²) in [5.74, 6) is 5.80. The van der Waals surface area contributed by atoms with Crippen LogP contribution < -0.4 is 16.6 Å². The Hall–Kier alpha value is -1.93. The Kier molecular flexibility index (Phi) is 3.90. The molecular weight excluding hydrogens is 238 g/mol. The highest BCUT2D eigenvalue weighted by Gasteiger charge is 2.19. The van der Waals surface area contributed by atoms with E-state index in [-0.39, 0.29) is 17.6 Å². The molecule has 0 aliphatic carbocycles. The number of nitrogen functional groups attached to an aromatic ring is 1. The number of hydrazine groups is 1. The molecule has 8 nitrogen and oxygen atoms in total. The molecule has 0 amide bonds. The fraction of sp³-hybridized carbons (Fsp3) is 0.500. The highest BCUT2D eigenvalue weighted by atomic mass is 16.6. The number of aromatic nitrogens is 1. The van der Waals surface area contributed by atoms with Crippen molar-refractivity contribution in [2.24, 2.45) is 5.84 Å². The Morgan fingerprint density at radius 3 is 3.06 bits per heavy atom. The van der Waals surface area contributed by atoms with Crippen LogP contribution in [-0.2, 0) is 4.74 Å². The molecule has 1 aromatic rings. The molecule has 1 aromatic heterocycles. The molecule has 2 heterocycles. The number of hydrogen-bond donors (Lipinski definition) is 3. The monoisotopic (exact) mass is 253 g/mol. The van der Waals surface area contributed by atoms with Crippen molar-refractivity contribution in [1.82, 2.24) is 4.98 Å². The number of nitrogens with zero attached hydrogens (tertiary/aromatic N) is 2. The molecule has 18 heavy (non-hydrogen) atoms. The number of pyridine rings is 1. The summed E-state index contributed by atoms with van der Waals surface area (Å²) in [5, 5.41) is 13.8. The van der Waals surface area contributed by atoms with Crippen molar-refractivity contribution in [2.75, 3.05) is 23.9 Å². The van der Waals surface area contributed by atoms with Gasteiger partial charge in [0.2, 0.25) is 5.82 Å². The Morgan fingerprint density at radius 2 is 2.44 bits per heavy atom. The first kappa shape index (κ1) is 12.5. The first-order valence-electron chi connectivity index (χ1n) is 5.68. The fourth-order valence-corrected chi connectivity index (χ4v) is 1.83. The third-order valence-electron chi connectivity index (χ3n) is 2.74. The molecule has 98 valence electrons. The van der Waals surface area contributed by atoms with Crippen LogP contribution in [0.4, 0.5) is 17.3 Å². The van der Waals surface area contributed by atoms with E-state index < -0.39 is 4.92 Å². The smallest absolute Gasteiger partial charge is 0.311 e. The van der Waals surface area contributed by atoms with Gasteiger partial charge in [-0.1, -0.05) is 0 Å². The van der Waals surface area contributed by atoms with Crippen LogP contribution in [0.3, 0.4) is 0 Å². The lowest BCUT2D eigenvalue weighted by molar-refractivity contribution is -0.384. The average Bonchev–Trinajstić information content (AvgIpc) is 2.88. The van der Waals surface area contributed by atoms with Crippen LogP contribution in [0, 0.1) is 10.1 Å². The number of anilines is 2. The van der Waals surface area contributed by atoms with Gasteiger partial charge in [0.15, 0.2) is 0 Å². The van der Waals surface area contributed by atoms with E-state index in [1.807, 2.05) is 0 Å². The van der Waals surface area contributed by atoms with Gasteiger partial charge in [-0.3, -0.25) is 10.1 Å². The molecule has 0 spiro atoms. The third kappa shape index (κ3) is 2.84. The molecule has 8 heteroatoms. The molecule has 0 saturated carbocycles. The zero-order chi connectivity index (χ0) is 13.0. The van der Waals surface area contributed by atoms with Crippen molar-refractivity contribution in [2.45, 2.75) is 18.9 Å².